The van der Waals surface area contributed by atoms with Gasteiger partial charge in [-0.1, -0.05) is 29.8 Å². The predicted octanol–water partition coefficient (Wildman–Crippen LogP) is 3.02. The third kappa shape index (κ3) is 3.77. The van der Waals surface area contributed by atoms with E-state index in [1.165, 1.54) is 0 Å². The van der Waals surface area contributed by atoms with Gasteiger partial charge in [0.15, 0.2) is 0 Å². The lowest BCUT2D eigenvalue weighted by molar-refractivity contribution is -0.132. The lowest BCUT2D eigenvalue weighted by atomic mass is 10.1. The number of rotatable bonds is 5. The van der Waals surface area contributed by atoms with Gasteiger partial charge < -0.3 is 15.0 Å². The molecule has 0 unspecified atom stereocenters. The molecule has 6 heteroatoms. The first kappa shape index (κ1) is 17.3. The number of nitrogens with one attached hydrogen (secondary N) is 1. The SMILES string of the molecule is COc1ccccc1CNC(=O)[C@@H]1CCN(c2ccc(Cl)cc2)C1=O. The summed E-state index contributed by atoms with van der Waals surface area (Å²) in [6.45, 7) is 0.848. The average molecular weight is 359 g/mol. The van der Waals surface area contributed by atoms with Crippen LogP contribution in [0.5, 0.6) is 5.75 Å². The number of ether oxygens (including phenoxy) is 1. The fraction of sp³-hybridized carbons (Fsp3) is 0.263. The van der Waals surface area contributed by atoms with Gasteiger partial charge in [0.1, 0.15) is 11.7 Å². The molecule has 1 aliphatic rings. The third-order valence-corrected chi connectivity index (χ3v) is 4.56. The van der Waals surface area contributed by atoms with Crippen LogP contribution in [0.1, 0.15) is 12.0 Å². The summed E-state index contributed by atoms with van der Waals surface area (Å²) in [4.78, 5) is 26.6. The first-order chi connectivity index (χ1) is 12.1. The van der Waals surface area contributed by atoms with Crippen molar-refractivity contribution < 1.29 is 14.3 Å². The highest BCUT2D eigenvalue weighted by Gasteiger charge is 2.37. The zero-order valence-electron chi connectivity index (χ0n) is 13.9. The molecule has 1 fully saturated rings. The number of anilines is 1. The van der Waals surface area contributed by atoms with E-state index in [-0.39, 0.29) is 11.8 Å². The summed E-state index contributed by atoms with van der Waals surface area (Å²) >= 11 is 5.88. The number of amides is 2. The van der Waals surface area contributed by atoms with Crippen LogP contribution in [0.4, 0.5) is 5.69 Å². The van der Waals surface area contributed by atoms with Crippen molar-refractivity contribution >= 4 is 29.1 Å². The van der Waals surface area contributed by atoms with Crippen LogP contribution in [-0.2, 0) is 16.1 Å². The third-order valence-electron chi connectivity index (χ3n) is 4.31. The minimum Gasteiger partial charge on any atom is -0.496 e. The van der Waals surface area contributed by atoms with Crippen LogP contribution >= 0.6 is 11.6 Å². The molecule has 1 heterocycles. The Hall–Kier alpha value is -2.53. The van der Waals surface area contributed by atoms with Crippen LogP contribution in [0.2, 0.25) is 5.02 Å². The Kier molecular flexibility index (Phi) is 5.24. The molecule has 130 valence electrons. The molecule has 1 aliphatic heterocycles. The molecule has 0 bridgehead atoms. The fourth-order valence-electron chi connectivity index (χ4n) is 2.96. The van der Waals surface area contributed by atoms with Crippen LogP contribution in [-0.4, -0.2) is 25.5 Å². The van der Waals surface area contributed by atoms with Crippen LogP contribution in [0.15, 0.2) is 48.5 Å². The lowest BCUT2D eigenvalue weighted by Crippen LogP contribution is -2.36. The van der Waals surface area contributed by atoms with Crippen molar-refractivity contribution in [2.45, 2.75) is 13.0 Å². The van der Waals surface area contributed by atoms with Gasteiger partial charge in [-0.05, 0) is 36.8 Å². The Balaban J connectivity index is 1.63. The zero-order chi connectivity index (χ0) is 17.8. The molecule has 5 nitrogen and oxygen atoms in total. The number of hydrogen-bond donors (Lipinski definition) is 1. The van der Waals surface area contributed by atoms with Gasteiger partial charge in [0.25, 0.3) is 0 Å². The molecular weight excluding hydrogens is 340 g/mol. The standard InChI is InChI=1S/C19H19ClN2O3/c1-25-17-5-3-2-4-13(17)12-21-18(23)16-10-11-22(19(16)24)15-8-6-14(20)7-9-15/h2-9,16H,10-12H2,1H3,(H,21,23)/t16-/m0/s1. The van der Waals surface area contributed by atoms with Crippen molar-refractivity contribution in [3.05, 3.63) is 59.1 Å². The summed E-state index contributed by atoms with van der Waals surface area (Å²) in [7, 11) is 1.59. The Morgan fingerprint density at radius 1 is 1.24 bits per heavy atom. The quantitative estimate of drug-likeness (QED) is 0.836. The predicted molar refractivity (Wildman–Crippen MR) is 96.8 cm³/mol. The fourth-order valence-corrected chi connectivity index (χ4v) is 3.08. The number of carbonyl (C=O) groups is 2. The van der Waals surface area contributed by atoms with Gasteiger partial charge in [0.2, 0.25) is 11.8 Å². The highest BCUT2D eigenvalue weighted by atomic mass is 35.5. The van der Waals surface area contributed by atoms with Crippen LogP contribution < -0.4 is 15.0 Å². The molecule has 1 saturated heterocycles. The summed E-state index contributed by atoms with van der Waals surface area (Å²) in [6.07, 6.45) is 0.499. The van der Waals surface area contributed by atoms with E-state index in [0.29, 0.717) is 30.3 Å². The van der Waals surface area contributed by atoms with Gasteiger partial charge in [-0.2, -0.15) is 0 Å². The van der Waals surface area contributed by atoms with E-state index < -0.39 is 5.92 Å². The number of carbonyl (C=O) groups excluding carboxylic acids is 2. The summed E-state index contributed by atoms with van der Waals surface area (Å²) in [5.74, 6) is -0.388. The Morgan fingerprint density at radius 3 is 2.68 bits per heavy atom. The molecule has 0 saturated carbocycles. The first-order valence-corrected chi connectivity index (χ1v) is 8.44. The summed E-state index contributed by atoms with van der Waals surface area (Å²) < 4.78 is 5.27. The van der Waals surface area contributed by atoms with E-state index in [2.05, 4.69) is 5.32 Å². The molecule has 2 amide bonds. The van der Waals surface area contributed by atoms with Crippen LogP contribution in [0, 0.1) is 5.92 Å². The Labute approximate surface area is 151 Å². The lowest BCUT2D eigenvalue weighted by Gasteiger charge is -2.17. The molecule has 3 rings (SSSR count). The molecule has 2 aromatic carbocycles. The average Bonchev–Trinajstić information content (AvgIpc) is 3.02. The second-order valence-electron chi connectivity index (χ2n) is 5.84. The molecule has 0 aromatic heterocycles. The zero-order valence-corrected chi connectivity index (χ0v) is 14.6. The smallest absolute Gasteiger partial charge is 0.239 e. The number of methoxy groups -OCH3 is 1. The van der Waals surface area contributed by atoms with Crippen molar-refractivity contribution in [2.75, 3.05) is 18.6 Å². The van der Waals surface area contributed by atoms with E-state index in [1.807, 2.05) is 24.3 Å². The monoisotopic (exact) mass is 358 g/mol. The molecule has 0 aliphatic carbocycles. The maximum atomic E-state index is 12.6. The molecule has 25 heavy (non-hydrogen) atoms. The van der Waals surface area contributed by atoms with Crippen molar-refractivity contribution in [2.24, 2.45) is 5.92 Å². The topological polar surface area (TPSA) is 58.6 Å². The van der Waals surface area contributed by atoms with Crippen LogP contribution in [0.3, 0.4) is 0 Å². The second-order valence-corrected chi connectivity index (χ2v) is 6.27. The van der Waals surface area contributed by atoms with Gasteiger partial charge in [-0.15, -0.1) is 0 Å². The Morgan fingerprint density at radius 2 is 1.96 bits per heavy atom. The van der Waals surface area contributed by atoms with Crippen molar-refractivity contribution in [1.29, 1.82) is 0 Å². The van der Waals surface area contributed by atoms with E-state index in [1.54, 1.807) is 36.3 Å². The van der Waals surface area contributed by atoms with Gasteiger partial charge in [-0.3, -0.25) is 9.59 Å². The summed E-state index contributed by atoms with van der Waals surface area (Å²) in [5.41, 5.74) is 1.63. The first-order valence-electron chi connectivity index (χ1n) is 8.06. The van der Waals surface area contributed by atoms with Crippen molar-refractivity contribution in [1.82, 2.24) is 5.32 Å². The number of para-hydroxylation sites is 1. The van der Waals surface area contributed by atoms with E-state index in [0.717, 1.165) is 11.3 Å². The number of benzene rings is 2. The highest BCUT2D eigenvalue weighted by Crippen LogP contribution is 2.26. The van der Waals surface area contributed by atoms with E-state index >= 15 is 0 Å². The van der Waals surface area contributed by atoms with Gasteiger partial charge >= 0.3 is 0 Å². The minimum absolute atomic E-state index is 0.181. The molecule has 0 radical (unpaired) electrons. The van der Waals surface area contributed by atoms with E-state index in [4.69, 9.17) is 16.3 Å². The molecule has 1 atom stereocenters. The number of hydrogen-bond acceptors (Lipinski definition) is 3. The van der Waals surface area contributed by atoms with Crippen LogP contribution in [0.25, 0.3) is 0 Å². The van der Waals surface area contributed by atoms with Crippen molar-refractivity contribution in [3.63, 3.8) is 0 Å². The highest BCUT2D eigenvalue weighted by molar-refractivity contribution is 6.30. The summed E-state index contributed by atoms with van der Waals surface area (Å²) in [6, 6.07) is 14.5. The largest absolute Gasteiger partial charge is 0.496 e. The van der Waals surface area contributed by atoms with E-state index in [9.17, 15) is 9.59 Å². The minimum atomic E-state index is -0.662. The van der Waals surface area contributed by atoms with Gasteiger partial charge in [0, 0.05) is 29.4 Å². The van der Waals surface area contributed by atoms with Gasteiger partial charge in [0.05, 0.1) is 7.11 Å². The molecule has 2 aromatic rings. The maximum Gasteiger partial charge on any atom is 0.239 e. The van der Waals surface area contributed by atoms with Gasteiger partial charge in [-0.25, -0.2) is 0 Å². The maximum absolute atomic E-state index is 12.6. The Bertz CT molecular complexity index is 776. The summed E-state index contributed by atoms with van der Waals surface area (Å²) in [5, 5.41) is 3.45. The molecule has 0 spiro atoms. The molecule has 1 N–H and O–H groups in total. The van der Waals surface area contributed by atoms with Crippen molar-refractivity contribution in [3.8, 4) is 5.75 Å². The molecular formula is C19H19ClN2O3. The normalized spacial score (nSPS) is 16.8. The number of nitrogens with zero attached hydrogens (tertiary/aromatic N) is 1. The number of halogens is 1. The second kappa shape index (κ2) is 7.57.